The lowest BCUT2D eigenvalue weighted by atomic mass is 10.2. The number of hydrogen-bond donors (Lipinski definition) is 1. The van der Waals surface area contributed by atoms with Gasteiger partial charge >= 0.3 is 0 Å². The first kappa shape index (κ1) is 17.5. The summed E-state index contributed by atoms with van der Waals surface area (Å²) in [6.45, 7) is 1.96. The number of benzene rings is 2. The van der Waals surface area contributed by atoms with Crippen molar-refractivity contribution in [2.75, 3.05) is 5.32 Å². The Bertz CT molecular complexity index is 1010. The molecule has 0 fully saturated rings. The van der Waals surface area contributed by atoms with Crippen LogP contribution < -0.4 is 5.32 Å². The zero-order valence-electron chi connectivity index (χ0n) is 14.0. The number of rotatable bonds is 4. The topological polar surface area (TPSA) is 66.0 Å². The molecule has 26 heavy (non-hydrogen) atoms. The summed E-state index contributed by atoms with van der Waals surface area (Å²) in [5.74, 6) is 0.530. The van der Waals surface area contributed by atoms with Crippen molar-refractivity contribution in [2.24, 2.45) is 0 Å². The molecular formula is C21H15ClN2O2. The van der Waals surface area contributed by atoms with E-state index in [4.69, 9.17) is 16.0 Å². The Kier molecular flexibility index (Phi) is 5.21. The highest BCUT2D eigenvalue weighted by Gasteiger charge is 2.11. The van der Waals surface area contributed by atoms with Crippen LogP contribution in [0.4, 0.5) is 5.69 Å². The summed E-state index contributed by atoms with van der Waals surface area (Å²) in [6.07, 6.45) is 1.41. The van der Waals surface area contributed by atoms with Gasteiger partial charge in [0.2, 0.25) is 0 Å². The Morgan fingerprint density at radius 2 is 1.92 bits per heavy atom. The van der Waals surface area contributed by atoms with Crippen molar-refractivity contribution < 1.29 is 9.21 Å². The minimum atomic E-state index is -0.489. The number of furan rings is 1. The molecule has 1 aromatic heterocycles. The number of aryl methyl sites for hydroxylation is 1. The fourth-order valence-electron chi connectivity index (χ4n) is 2.35. The number of carbonyl (C=O) groups is 1. The van der Waals surface area contributed by atoms with Gasteiger partial charge < -0.3 is 9.73 Å². The van der Waals surface area contributed by atoms with Crippen LogP contribution in [0.1, 0.15) is 11.3 Å². The molecule has 0 aliphatic rings. The van der Waals surface area contributed by atoms with Crippen LogP contribution in [-0.2, 0) is 4.79 Å². The van der Waals surface area contributed by atoms with Gasteiger partial charge in [-0.05, 0) is 43.3 Å². The van der Waals surface area contributed by atoms with Crippen LogP contribution in [0, 0.1) is 18.3 Å². The summed E-state index contributed by atoms with van der Waals surface area (Å²) < 4.78 is 5.71. The van der Waals surface area contributed by atoms with Crippen molar-refractivity contribution in [3.05, 3.63) is 82.6 Å². The lowest BCUT2D eigenvalue weighted by molar-refractivity contribution is -0.112. The van der Waals surface area contributed by atoms with Crippen LogP contribution in [0.15, 0.2) is 70.7 Å². The molecule has 3 rings (SSSR count). The second-order valence-electron chi connectivity index (χ2n) is 5.70. The lowest BCUT2D eigenvalue weighted by Crippen LogP contribution is -2.13. The van der Waals surface area contributed by atoms with Crippen LogP contribution in [0.5, 0.6) is 0 Å². The van der Waals surface area contributed by atoms with E-state index < -0.39 is 5.91 Å². The Balaban J connectivity index is 1.80. The molecule has 1 N–H and O–H groups in total. The molecule has 3 aromatic rings. The standard InChI is InChI=1S/C21H15ClN2O2/c1-14-5-7-18(8-6-14)24-21(25)16(13-23)12-19-9-10-20(26-19)15-3-2-4-17(22)11-15/h2-12H,1H3,(H,24,25)/b16-12-. The summed E-state index contributed by atoms with van der Waals surface area (Å²) >= 11 is 5.99. The maximum absolute atomic E-state index is 12.3. The average molecular weight is 363 g/mol. The minimum absolute atomic E-state index is 0.0439. The van der Waals surface area contributed by atoms with Crippen LogP contribution in [0.25, 0.3) is 17.4 Å². The van der Waals surface area contributed by atoms with E-state index in [2.05, 4.69) is 5.32 Å². The summed E-state index contributed by atoms with van der Waals surface area (Å²) in [6, 6.07) is 20.0. The number of nitrogens with one attached hydrogen (secondary N) is 1. The van der Waals surface area contributed by atoms with E-state index in [0.717, 1.165) is 11.1 Å². The highest BCUT2D eigenvalue weighted by Crippen LogP contribution is 2.25. The van der Waals surface area contributed by atoms with Crippen LogP contribution in [0.3, 0.4) is 0 Å². The van der Waals surface area contributed by atoms with Crippen molar-refractivity contribution in [2.45, 2.75) is 6.92 Å². The number of nitriles is 1. The van der Waals surface area contributed by atoms with Crippen molar-refractivity contribution in [1.82, 2.24) is 0 Å². The van der Waals surface area contributed by atoms with Gasteiger partial charge in [0.05, 0.1) is 0 Å². The van der Waals surface area contributed by atoms with Gasteiger partial charge in [-0.25, -0.2) is 0 Å². The Morgan fingerprint density at radius 1 is 1.15 bits per heavy atom. The maximum Gasteiger partial charge on any atom is 0.266 e. The zero-order valence-corrected chi connectivity index (χ0v) is 14.7. The fourth-order valence-corrected chi connectivity index (χ4v) is 2.54. The van der Waals surface area contributed by atoms with Crippen LogP contribution in [0.2, 0.25) is 5.02 Å². The number of halogens is 1. The molecule has 128 valence electrons. The first-order valence-electron chi connectivity index (χ1n) is 7.91. The summed E-state index contributed by atoms with van der Waals surface area (Å²) in [4.78, 5) is 12.3. The van der Waals surface area contributed by atoms with E-state index in [-0.39, 0.29) is 5.57 Å². The van der Waals surface area contributed by atoms with Crippen molar-refractivity contribution in [1.29, 1.82) is 5.26 Å². The van der Waals surface area contributed by atoms with Crippen molar-refractivity contribution >= 4 is 29.3 Å². The number of carbonyl (C=O) groups excluding carboxylic acids is 1. The minimum Gasteiger partial charge on any atom is -0.457 e. The lowest BCUT2D eigenvalue weighted by Gasteiger charge is -2.04. The van der Waals surface area contributed by atoms with Gasteiger partial charge in [0, 0.05) is 22.3 Å². The molecule has 0 saturated heterocycles. The molecule has 0 aliphatic carbocycles. The quantitative estimate of drug-likeness (QED) is 0.495. The molecule has 1 heterocycles. The Hall–Kier alpha value is -3.29. The third kappa shape index (κ3) is 4.21. The van der Waals surface area contributed by atoms with E-state index in [0.29, 0.717) is 22.2 Å². The van der Waals surface area contributed by atoms with E-state index >= 15 is 0 Å². The number of amides is 1. The van der Waals surface area contributed by atoms with Crippen LogP contribution in [-0.4, -0.2) is 5.91 Å². The van der Waals surface area contributed by atoms with Gasteiger partial charge in [0.15, 0.2) is 0 Å². The number of hydrogen-bond acceptors (Lipinski definition) is 3. The molecule has 0 atom stereocenters. The van der Waals surface area contributed by atoms with E-state index in [1.807, 2.05) is 37.3 Å². The van der Waals surface area contributed by atoms with Crippen molar-refractivity contribution in [3.8, 4) is 17.4 Å². The Morgan fingerprint density at radius 3 is 2.62 bits per heavy atom. The Labute approximate surface area is 156 Å². The van der Waals surface area contributed by atoms with Gasteiger partial charge in [-0.3, -0.25) is 4.79 Å². The van der Waals surface area contributed by atoms with Crippen LogP contribution >= 0.6 is 11.6 Å². The van der Waals surface area contributed by atoms with E-state index in [1.165, 1.54) is 6.08 Å². The predicted molar refractivity (Wildman–Crippen MR) is 103 cm³/mol. The second-order valence-corrected chi connectivity index (χ2v) is 6.14. The third-order valence-corrected chi connectivity index (χ3v) is 3.93. The largest absolute Gasteiger partial charge is 0.457 e. The molecular weight excluding hydrogens is 348 g/mol. The summed E-state index contributed by atoms with van der Waals surface area (Å²) in [5, 5.41) is 12.6. The SMILES string of the molecule is Cc1ccc(NC(=O)/C(C#N)=C\c2ccc(-c3cccc(Cl)c3)o2)cc1. The smallest absolute Gasteiger partial charge is 0.266 e. The van der Waals surface area contributed by atoms with Gasteiger partial charge in [-0.1, -0.05) is 41.4 Å². The average Bonchev–Trinajstić information content (AvgIpc) is 3.10. The molecule has 0 spiro atoms. The predicted octanol–water partition coefficient (Wildman–Crippen LogP) is 5.45. The number of anilines is 1. The first-order chi connectivity index (χ1) is 12.5. The molecule has 2 aromatic carbocycles. The molecule has 0 radical (unpaired) electrons. The van der Waals surface area contributed by atoms with Gasteiger partial charge in [-0.15, -0.1) is 0 Å². The van der Waals surface area contributed by atoms with E-state index in [1.54, 1.807) is 36.4 Å². The highest BCUT2D eigenvalue weighted by atomic mass is 35.5. The van der Waals surface area contributed by atoms with Gasteiger partial charge in [0.25, 0.3) is 5.91 Å². The number of nitrogens with zero attached hydrogens (tertiary/aromatic N) is 1. The normalized spacial score (nSPS) is 11.0. The molecule has 4 nitrogen and oxygen atoms in total. The second kappa shape index (κ2) is 7.73. The molecule has 0 unspecified atom stereocenters. The van der Waals surface area contributed by atoms with Crippen molar-refractivity contribution in [3.63, 3.8) is 0 Å². The summed E-state index contributed by atoms with van der Waals surface area (Å²) in [5.41, 5.74) is 2.49. The fraction of sp³-hybridized carbons (Fsp3) is 0.0476. The molecule has 5 heteroatoms. The van der Waals surface area contributed by atoms with Gasteiger partial charge in [-0.2, -0.15) is 5.26 Å². The third-order valence-electron chi connectivity index (χ3n) is 3.70. The highest BCUT2D eigenvalue weighted by molar-refractivity contribution is 6.30. The zero-order chi connectivity index (χ0) is 18.5. The monoisotopic (exact) mass is 362 g/mol. The maximum atomic E-state index is 12.3. The van der Waals surface area contributed by atoms with Gasteiger partial charge in [0.1, 0.15) is 23.2 Å². The summed E-state index contributed by atoms with van der Waals surface area (Å²) in [7, 11) is 0. The molecule has 1 amide bonds. The molecule has 0 saturated carbocycles. The molecule has 0 aliphatic heterocycles. The van der Waals surface area contributed by atoms with E-state index in [9.17, 15) is 10.1 Å². The first-order valence-corrected chi connectivity index (χ1v) is 8.28. The molecule has 0 bridgehead atoms.